The molecular weight excluding hydrogens is 258 g/mol. The lowest BCUT2D eigenvalue weighted by Gasteiger charge is -2.17. The van der Waals surface area contributed by atoms with Gasteiger partial charge in [0.15, 0.2) is 0 Å². The SMILES string of the molecule is CCNC(Cc1cccc2ccccc12)c1cn(C)cn1. The molecule has 108 valence electrons. The monoisotopic (exact) mass is 279 g/mol. The van der Waals surface area contributed by atoms with Gasteiger partial charge >= 0.3 is 0 Å². The molecular formula is C18H21N3. The Morgan fingerprint density at radius 3 is 2.71 bits per heavy atom. The molecule has 0 aliphatic carbocycles. The van der Waals surface area contributed by atoms with Crippen LogP contribution >= 0.6 is 0 Å². The van der Waals surface area contributed by atoms with Crippen LogP contribution in [0.4, 0.5) is 0 Å². The van der Waals surface area contributed by atoms with E-state index in [1.54, 1.807) is 0 Å². The zero-order chi connectivity index (χ0) is 14.7. The molecule has 0 amide bonds. The Balaban J connectivity index is 1.94. The Labute approximate surface area is 125 Å². The van der Waals surface area contributed by atoms with E-state index in [1.165, 1.54) is 16.3 Å². The van der Waals surface area contributed by atoms with Crippen LogP contribution in [-0.2, 0) is 13.5 Å². The van der Waals surface area contributed by atoms with Gasteiger partial charge in [-0.3, -0.25) is 0 Å². The van der Waals surface area contributed by atoms with E-state index >= 15 is 0 Å². The highest BCUT2D eigenvalue weighted by molar-refractivity contribution is 5.85. The number of benzene rings is 2. The molecule has 3 heteroatoms. The molecule has 3 aromatic rings. The number of likely N-dealkylation sites (N-methyl/N-ethyl adjacent to an activating group) is 1. The highest BCUT2D eigenvalue weighted by Crippen LogP contribution is 2.24. The van der Waals surface area contributed by atoms with Gasteiger partial charge < -0.3 is 9.88 Å². The summed E-state index contributed by atoms with van der Waals surface area (Å²) in [6, 6.07) is 15.3. The fourth-order valence-electron chi connectivity index (χ4n) is 2.83. The fraction of sp³-hybridized carbons (Fsp3) is 0.278. The van der Waals surface area contributed by atoms with Crippen LogP contribution < -0.4 is 5.32 Å². The van der Waals surface area contributed by atoms with E-state index in [0.29, 0.717) is 0 Å². The third kappa shape index (κ3) is 2.98. The first kappa shape index (κ1) is 13.8. The van der Waals surface area contributed by atoms with E-state index < -0.39 is 0 Å². The van der Waals surface area contributed by atoms with E-state index in [9.17, 15) is 0 Å². The van der Waals surface area contributed by atoms with Gasteiger partial charge in [0.25, 0.3) is 0 Å². The van der Waals surface area contributed by atoms with E-state index in [-0.39, 0.29) is 6.04 Å². The van der Waals surface area contributed by atoms with Crippen molar-refractivity contribution in [3.8, 4) is 0 Å². The average molecular weight is 279 g/mol. The minimum atomic E-state index is 0.252. The van der Waals surface area contributed by atoms with Gasteiger partial charge in [-0.05, 0) is 29.3 Å². The van der Waals surface area contributed by atoms with Gasteiger partial charge in [-0.15, -0.1) is 0 Å². The molecule has 0 saturated carbocycles. The summed E-state index contributed by atoms with van der Waals surface area (Å²) in [4.78, 5) is 4.51. The number of aryl methyl sites for hydroxylation is 1. The van der Waals surface area contributed by atoms with Crippen molar-refractivity contribution in [2.45, 2.75) is 19.4 Å². The predicted molar refractivity (Wildman–Crippen MR) is 87.3 cm³/mol. The standard InChI is InChI=1S/C18H21N3/c1-3-19-17(18-12-21(2)13-20-18)11-15-9-6-8-14-7-4-5-10-16(14)15/h4-10,12-13,17,19H,3,11H2,1-2H3. The Morgan fingerprint density at radius 2 is 1.95 bits per heavy atom. The van der Waals surface area contributed by atoms with Crippen LogP contribution in [0.15, 0.2) is 55.0 Å². The molecule has 0 bridgehead atoms. The van der Waals surface area contributed by atoms with Crippen LogP contribution in [-0.4, -0.2) is 16.1 Å². The van der Waals surface area contributed by atoms with Crippen LogP contribution in [0.25, 0.3) is 10.8 Å². The Bertz CT molecular complexity index is 725. The first-order valence-corrected chi connectivity index (χ1v) is 7.46. The largest absolute Gasteiger partial charge is 0.340 e. The number of fused-ring (bicyclic) bond motifs is 1. The number of nitrogens with zero attached hydrogens (tertiary/aromatic N) is 2. The third-order valence-corrected chi connectivity index (χ3v) is 3.84. The summed E-state index contributed by atoms with van der Waals surface area (Å²) in [7, 11) is 2.01. The molecule has 0 aliphatic heterocycles. The molecule has 2 aromatic carbocycles. The van der Waals surface area contributed by atoms with Crippen LogP contribution in [0.1, 0.15) is 24.2 Å². The summed E-state index contributed by atoms with van der Waals surface area (Å²) in [5.74, 6) is 0. The molecule has 3 rings (SSSR count). The normalized spacial score (nSPS) is 12.7. The van der Waals surface area contributed by atoms with Crippen molar-refractivity contribution in [1.82, 2.24) is 14.9 Å². The lowest BCUT2D eigenvalue weighted by molar-refractivity contribution is 0.540. The number of hydrogen-bond donors (Lipinski definition) is 1. The summed E-state index contributed by atoms with van der Waals surface area (Å²) < 4.78 is 2.00. The number of hydrogen-bond acceptors (Lipinski definition) is 2. The zero-order valence-corrected chi connectivity index (χ0v) is 12.6. The number of rotatable bonds is 5. The molecule has 21 heavy (non-hydrogen) atoms. The maximum atomic E-state index is 4.51. The molecule has 1 aromatic heterocycles. The van der Waals surface area contributed by atoms with Gasteiger partial charge in [-0.25, -0.2) is 4.98 Å². The topological polar surface area (TPSA) is 29.9 Å². The highest BCUT2D eigenvalue weighted by atomic mass is 15.0. The maximum Gasteiger partial charge on any atom is 0.0947 e. The summed E-state index contributed by atoms with van der Waals surface area (Å²) in [6.45, 7) is 3.07. The lowest BCUT2D eigenvalue weighted by Crippen LogP contribution is -2.23. The number of nitrogens with one attached hydrogen (secondary N) is 1. The van der Waals surface area contributed by atoms with Crippen molar-refractivity contribution in [3.05, 3.63) is 66.2 Å². The van der Waals surface area contributed by atoms with Crippen molar-refractivity contribution in [2.75, 3.05) is 6.54 Å². The van der Waals surface area contributed by atoms with Gasteiger partial charge in [0.2, 0.25) is 0 Å². The minimum absolute atomic E-state index is 0.252. The molecule has 1 heterocycles. The number of imidazole rings is 1. The minimum Gasteiger partial charge on any atom is -0.340 e. The summed E-state index contributed by atoms with van der Waals surface area (Å²) in [6.07, 6.45) is 4.91. The first-order chi connectivity index (χ1) is 10.3. The van der Waals surface area contributed by atoms with E-state index in [0.717, 1.165) is 18.7 Å². The fourth-order valence-corrected chi connectivity index (χ4v) is 2.83. The molecule has 1 unspecified atom stereocenters. The van der Waals surface area contributed by atoms with Crippen LogP contribution in [0.5, 0.6) is 0 Å². The quantitative estimate of drug-likeness (QED) is 0.775. The summed E-state index contributed by atoms with van der Waals surface area (Å²) in [5.41, 5.74) is 2.47. The molecule has 0 fully saturated rings. The van der Waals surface area contributed by atoms with Crippen molar-refractivity contribution in [1.29, 1.82) is 0 Å². The number of aromatic nitrogens is 2. The van der Waals surface area contributed by atoms with Crippen molar-refractivity contribution in [2.24, 2.45) is 7.05 Å². The molecule has 0 spiro atoms. The van der Waals surface area contributed by atoms with E-state index in [4.69, 9.17) is 0 Å². The Kier molecular flexibility index (Phi) is 4.02. The second-order valence-electron chi connectivity index (χ2n) is 5.42. The Hall–Kier alpha value is -2.13. The highest BCUT2D eigenvalue weighted by Gasteiger charge is 2.15. The van der Waals surface area contributed by atoms with Gasteiger partial charge in [-0.2, -0.15) is 0 Å². The van der Waals surface area contributed by atoms with Crippen molar-refractivity contribution >= 4 is 10.8 Å². The maximum absolute atomic E-state index is 4.51. The second kappa shape index (κ2) is 6.10. The molecule has 0 saturated heterocycles. The smallest absolute Gasteiger partial charge is 0.0947 e. The summed E-state index contributed by atoms with van der Waals surface area (Å²) in [5, 5.41) is 6.18. The molecule has 3 nitrogen and oxygen atoms in total. The van der Waals surface area contributed by atoms with Gasteiger partial charge in [0.1, 0.15) is 0 Å². The van der Waals surface area contributed by atoms with Crippen LogP contribution in [0.2, 0.25) is 0 Å². The van der Waals surface area contributed by atoms with Crippen LogP contribution in [0, 0.1) is 0 Å². The molecule has 1 N–H and O–H groups in total. The molecule has 0 radical (unpaired) electrons. The molecule has 0 aliphatic rings. The van der Waals surface area contributed by atoms with Gasteiger partial charge in [0.05, 0.1) is 18.1 Å². The van der Waals surface area contributed by atoms with Crippen LogP contribution in [0.3, 0.4) is 0 Å². The van der Waals surface area contributed by atoms with Gasteiger partial charge in [0, 0.05) is 13.2 Å². The second-order valence-corrected chi connectivity index (χ2v) is 5.42. The van der Waals surface area contributed by atoms with Crippen molar-refractivity contribution < 1.29 is 0 Å². The molecule has 1 atom stereocenters. The zero-order valence-electron chi connectivity index (χ0n) is 12.6. The van der Waals surface area contributed by atoms with Gasteiger partial charge in [-0.1, -0.05) is 49.4 Å². The first-order valence-electron chi connectivity index (χ1n) is 7.46. The Morgan fingerprint density at radius 1 is 1.14 bits per heavy atom. The average Bonchev–Trinajstić information content (AvgIpc) is 2.94. The lowest BCUT2D eigenvalue weighted by atomic mass is 9.97. The third-order valence-electron chi connectivity index (χ3n) is 3.84. The summed E-state index contributed by atoms with van der Waals surface area (Å²) >= 11 is 0. The van der Waals surface area contributed by atoms with E-state index in [2.05, 4.69) is 65.9 Å². The van der Waals surface area contributed by atoms with Crippen molar-refractivity contribution in [3.63, 3.8) is 0 Å². The van der Waals surface area contributed by atoms with E-state index in [1.807, 2.05) is 17.9 Å². The predicted octanol–water partition coefficient (Wildman–Crippen LogP) is 3.47.